The van der Waals surface area contributed by atoms with Gasteiger partial charge in [0.05, 0.1) is 0 Å². The Hall–Kier alpha value is -1.09. The second-order valence-corrected chi connectivity index (χ2v) is 6.38. The standard InChI is InChI=1S/C17H27N3/c1-14-15(16-8-4-7-11-19(16)2)9-10-17(18-14)20-12-5-3-6-13-20/h9-10,16H,3-8,11-13H2,1-2H3. The van der Waals surface area contributed by atoms with Gasteiger partial charge in [0.25, 0.3) is 0 Å². The van der Waals surface area contributed by atoms with Crippen molar-refractivity contribution in [3.63, 3.8) is 0 Å². The molecule has 2 saturated heterocycles. The molecule has 0 spiro atoms. The van der Waals surface area contributed by atoms with Crippen LogP contribution < -0.4 is 4.90 Å². The quantitative estimate of drug-likeness (QED) is 0.821. The third kappa shape index (κ3) is 2.83. The lowest BCUT2D eigenvalue weighted by Crippen LogP contribution is -2.32. The number of piperidine rings is 2. The summed E-state index contributed by atoms with van der Waals surface area (Å²) in [4.78, 5) is 9.85. The Morgan fingerprint density at radius 3 is 2.45 bits per heavy atom. The van der Waals surface area contributed by atoms with Crippen molar-refractivity contribution >= 4 is 5.82 Å². The summed E-state index contributed by atoms with van der Waals surface area (Å²) in [5.74, 6) is 1.18. The molecule has 1 atom stereocenters. The smallest absolute Gasteiger partial charge is 0.128 e. The molecule has 2 fully saturated rings. The van der Waals surface area contributed by atoms with Gasteiger partial charge in [0.2, 0.25) is 0 Å². The SMILES string of the molecule is Cc1nc(N2CCCCC2)ccc1C1CCCCN1C. The van der Waals surface area contributed by atoms with Gasteiger partial charge in [-0.3, -0.25) is 4.90 Å². The van der Waals surface area contributed by atoms with Gasteiger partial charge in [-0.25, -0.2) is 4.98 Å². The van der Waals surface area contributed by atoms with Crippen molar-refractivity contribution in [3.05, 3.63) is 23.4 Å². The summed E-state index contributed by atoms with van der Waals surface area (Å²) in [6.07, 6.45) is 7.97. The number of pyridine rings is 1. The molecule has 0 amide bonds. The Morgan fingerprint density at radius 2 is 1.75 bits per heavy atom. The molecule has 0 N–H and O–H groups in total. The van der Waals surface area contributed by atoms with E-state index in [0.29, 0.717) is 6.04 Å². The number of hydrogen-bond acceptors (Lipinski definition) is 3. The number of nitrogens with zero attached hydrogens (tertiary/aromatic N) is 3. The van der Waals surface area contributed by atoms with Crippen molar-refractivity contribution < 1.29 is 0 Å². The molecule has 0 aliphatic carbocycles. The second kappa shape index (κ2) is 6.13. The van der Waals surface area contributed by atoms with Gasteiger partial charge in [-0.2, -0.15) is 0 Å². The van der Waals surface area contributed by atoms with Gasteiger partial charge in [-0.05, 0) is 64.3 Å². The van der Waals surface area contributed by atoms with Crippen LogP contribution in [0.1, 0.15) is 55.8 Å². The van der Waals surface area contributed by atoms with E-state index in [9.17, 15) is 0 Å². The van der Waals surface area contributed by atoms with E-state index in [1.165, 1.54) is 75.2 Å². The number of likely N-dealkylation sites (tertiary alicyclic amines) is 1. The number of hydrogen-bond donors (Lipinski definition) is 0. The van der Waals surface area contributed by atoms with Crippen LogP contribution in [0.25, 0.3) is 0 Å². The summed E-state index contributed by atoms with van der Waals surface area (Å²) in [5.41, 5.74) is 2.67. The van der Waals surface area contributed by atoms with Gasteiger partial charge in [-0.1, -0.05) is 12.5 Å². The fourth-order valence-corrected chi connectivity index (χ4v) is 3.68. The highest BCUT2D eigenvalue weighted by Crippen LogP contribution is 2.32. The van der Waals surface area contributed by atoms with Crippen LogP contribution in [0.5, 0.6) is 0 Å². The second-order valence-electron chi connectivity index (χ2n) is 6.38. The highest BCUT2D eigenvalue weighted by atomic mass is 15.2. The minimum Gasteiger partial charge on any atom is -0.357 e. The van der Waals surface area contributed by atoms with Crippen LogP contribution in [0.2, 0.25) is 0 Å². The van der Waals surface area contributed by atoms with Crippen molar-refractivity contribution in [2.45, 2.75) is 51.5 Å². The first-order chi connectivity index (χ1) is 9.75. The zero-order valence-electron chi connectivity index (χ0n) is 12.9. The maximum absolute atomic E-state index is 4.91. The molecule has 3 rings (SSSR count). The van der Waals surface area contributed by atoms with E-state index in [4.69, 9.17) is 4.98 Å². The minimum atomic E-state index is 0.576. The Labute approximate surface area is 123 Å². The predicted octanol–water partition coefficient (Wildman–Crippen LogP) is 3.54. The average molecular weight is 273 g/mol. The third-order valence-corrected chi connectivity index (χ3v) is 4.92. The lowest BCUT2D eigenvalue weighted by molar-refractivity contribution is 0.186. The Morgan fingerprint density at radius 1 is 1.00 bits per heavy atom. The lowest BCUT2D eigenvalue weighted by Gasteiger charge is -2.34. The van der Waals surface area contributed by atoms with Gasteiger partial charge in [-0.15, -0.1) is 0 Å². The van der Waals surface area contributed by atoms with Crippen molar-refractivity contribution in [2.75, 3.05) is 31.6 Å². The molecule has 3 heteroatoms. The van der Waals surface area contributed by atoms with Crippen LogP contribution in [0.3, 0.4) is 0 Å². The molecule has 1 aromatic rings. The van der Waals surface area contributed by atoms with Crippen LogP contribution in [-0.4, -0.2) is 36.6 Å². The third-order valence-electron chi connectivity index (χ3n) is 4.92. The monoisotopic (exact) mass is 273 g/mol. The molecule has 1 aromatic heterocycles. The summed E-state index contributed by atoms with van der Waals surface area (Å²) < 4.78 is 0. The van der Waals surface area contributed by atoms with E-state index in [2.05, 4.69) is 35.9 Å². The molecule has 20 heavy (non-hydrogen) atoms. The van der Waals surface area contributed by atoms with E-state index in [1.807, 2.05) is 0 Å². The first-order valence-corrected chi connectivity index (χ1v) is 8.18. The molecule has 0 saturated carbocycles. The molecule has 3 nitrogen and oxygen atoms in total. The fourth-order valence-electron chi connectivity index (χ4n) is 3.68. The molecule has 2 aliphatic rings. The van der Waals surface area contributed by atoms with Crippen molar-refractivity contribution in [1.82, 2.24) is 9.88 Å². The molecule has 0 aromatic carbocycles. The molecule has 3 heterocycles. The normalized spacial score (nSPS) is 24.9. The summed E-state index contributed by atoms with van der Waals surface area (Å²) in [7, 11) is 2.25. The topological polar surface area (TPSA) is 19.4 Å². The summed E-state index contributed by atoms with van der Waals surface area (Å²) in [6.45, 7) is 5.76. The molecular weight excluding hydrogens is 246 g/mol. The van der Waals surface area contributed by atoms with Crippen LogP contribution in [0, 0.1) is 6.92 Å². The summed E-state index contributed by atoms with van der Waals surface area (Å²) in [6, 6.07) is 5.15. The van der Waals surface area contributed by atoms with E-state index in [1.54, 1.807) is 0 Å². The van der Waals surface area contributed by atoms with Gasteiger partial charge in [0.1, 0.15) is 5.82 Å². The molecule has 2 aliphatic heterocycles. The number of rotatable bonds is 2. The van der Waals surface area contributed by atoms with Crippen LogP contribution in [0.15, 0.2) is 12.1 Å². The summed E-state index contributed by atoms with van der Waals surface area (Å²) >= 11 is 0. The first-order valence-electron chi connectivity index (χ1n) is 8.18. The highest BCUT2D eigenvalue weighted by molar-refractivity contribution is 5.42. The summed E-state index contributed by atoms with van der Waals surface area (Å²) in [5, 5.41) is 0. The highest BCUT2D eigenvalue weighted by Gasteiger charge is 2.23. The van der Waals surface area contributed by atoms with Crippen molar-refractivity contribution in [1.29, 1.82) is 0 Å². The van der Waals surface area contributed by atoms with Gasteiger partial charge in [0.15, 0.2) is 0 Å². The zero-order valence-corrected chi connectivity index (χ0v) is 12.9. The molecular formula is C17H27N3. The van der Waals surface area contributed by atoms with Gasteiger partial charge < -0.3 is 4.90 Å². The van der Waals surface area contributed by atoms with Crippen LogP contribution in [0.4, 0.5) is 5.82 Å². The predicted molar refractivity (Wildman–Crippen MR) is 84.3 cm³/mol. The number of aromatic nitrogens is 1. The average Bonchev–Trinajstić information content (AvgIpc) is 2.49. The first kappa shape index (κ1) is 13.9. The van der Waals surface area contributed by atoms with E-state index in [-0.39, 0.29) is 0 Å². The fraction of sp³-hybridized carbons (Fsp3) is 0.706. The van der Waals surface area contributed by atoms with E-state index in [0.717, 1.165) is 0 Å². The van der Waals surface area contributed by atoms with Crippen LogP contribution >= 0.6 is 0 Å². The molecule has 1 unspecified atom stereocenters. The maximum Gasteiger partial charge on any atom is 0.128 e. The van der Waals surface area contributed by atoms with Crippen molar-refractivity contribution in [3.8, 4) is 0 Å². The number of aryl methyl sites for hydroxylation is 1. The minimum absolute atomic E-state index is 0.576. The maximum atomic E-state index is 4.91. The lowest BCUT2D eigenvalue weighted by atomic mass is 9.95. The van der Waals surface area contributed by atoms with Gasteiger partial charge >= 0.3 is 0 Å². The van der Waals surface area contributed by atoms with E-state index < -0.39 is 0 Å². The Kier molecular flexibility index (Phi) is 4.25. The molecule has 0 radical (unpaired) electrons. The van der Waals surface area contributed by atoms with Crippen molar-refractivity contribution in [2.24, 2.45) is 0 Å². The van der Waals surface area contributed by atoms with Crippen LogP contribution in [-0.2, 0) is 0 Å². The van der Waals surface area contributed by atoms with E-state index >= 15 is 0 Å². The molecule has 110 valence electrons. The molecule has 0 bridgehead atoms. The van der Waals surface area contributed by atoms with Gasteiger partial charge in [0, 0.05) is 24.8 Å². The Bertz CT molecular complexity index is 452. The largest absolute Gasteiger partial charge is 0.357 e. The number of anilines is 1. The zero-order chi connectivity index (χ0) is 13.9. The Balaban J connectivity index is 1.79.